The molecule has 1 unspecified atom stereocenters. The van der Waals surface area contributed by atoms with Gasteiger partial charge in [-0.2, -0.15) is 13.2 Å². The second kappa shape index (κ2) is 23.4. The van der Waals surface area contributed by atoms with Crippen LogP contribution in [-0.4, -0.2) is 104 Å². The summed E-state index contributed by atoms with van der Waals surface area (Å²) in [6, 6.07) is -3.15. The maximum atomic E-state index is 14.1. The average molecular weight is 945 g/mol. The van der Waals surface area contributed by atoms with Gasteiger partial charge in [-0.05, 0) is 61.3 Å². The van der Waals surface area contributed by atoms with Crippen molar-refractivity contribution in [3.8, 4) is 0 Å². The van der Waals surface area contributed by atoms with Gasteiger partial charge in [0.1, 0.15) is 23.8 Å². The molecule has 19 nitrogen and oxygen atoms in total. The van der Waals surface area contributed by atoms with Gasteiger partial charge in [-0.15, -0.1) is 0 Å². The van der Waals surface area contributed by atoms with Crippen LogP contribution in [0.15, 0.2) is 52.6 Å². The minimum atomic E-state index is -5.78. The third-order valence-electron chi connectivity index (χ3n) is 10.5. The second-order valence-corrected chi connectivity index (χ2v) is 19.5. The van der Waals surface area contributed by atoms with E-state index in [9.17, 15) is 63.6 Å². The van der Waals surface area contributed by atoms with E-state index in [2.05, 4.69) is 31.2 Å². The lowest BCUT2D eigenvalue weighted by atomic mass is 9.84. The third-order valence-corrected chi connectivity index (χ3v) is 13.4. The van der Waals surface area contributed by atoms with Crippen LogP contribution in [0.2, 0.25) is 0 Å². The number of ketones is 1. The first-order chi connectivity index (χ1) is 29.9. The number of nitrogens with zero attached hydrogens (tertiary/aromatic N) is 2. The van der Waals surface area contributed by atoms with Crippen LogP contribution in [0.25, 0.3) is 0 Å². The van der Waals surface area contributed by atoms with Gasteiger partial charge >= 0.3 is 5.51 Å². The van der Waals surface area contributed by atoms with Gasteiger partial charge in [0.2, 0.25) is 23.5 Å². The summed E-state index contributed by atoms with van der Waals surface area (Å²) in [5, 5.41) is 12.6. The maximum absolute atomic E-state index is 14.1. The molecule has 1 aromatic heterocycles. The molecule has 3 rings (SSSR count). The van der Waals surface area contributed by atoms with Gasteiger partial charge in [-0.3, -0.25) is 38.5 Å². The van der Waals surface area contributed by atoms with Gasteiger partial charge < -0.3 is 26.6 Å². The molecule has 1 saturated carbocycles. The average Bonchev–Trinajstić information content (AvgIpc) is 3.25. The fourth-order valence-corrected chi connectivity index (χ4v) is 8.51. The Kier molecular flexibility index (Phi) is 19.3. The molecule has 6 N–H and O–H groups in total. The van der Waals surface area contributed by atoms with E-state index in [1.807, 2.05) is 19.2 Å². The van der Waals surface area contributed by atoms with Gasteiger partial charge in [0.05, 0.1) is 28.6 Å². The smallest absolute Gasteiger partial charge is 0.344 e. The molecule has 64 heavy (non-hydrogen) atoms. The predicted molar refractivity (Wildman–Crippen MR) is 222 cm³/mol. The fourth-order valence-electron chi connectivity index (χ4n) is 6.76. The number of rotatable bonds is 22. The van der Waals surface area contributed by atoms with Crippen molar-refractivity contribution in [2.24, 2.45) is 17.8 Å². The molecule has 5 atom stereocenters. The Labute approximate surface area is 369 Å². The molecule has 2 aromatic rings. The van der Waals surface area contributed by atoms with Crippen molar-refractivity contribution in [2.45, 2.75) is 132 Å². The van der Waals surface area contributed by atoms with E-state index in [1.165, 1.54) is 25.5 Å². The highest BCUT2D eigenvalue weighted by Gasteiger charge is 2.47. The lowest BCUT2D eigenvalue weighted by Gasteiger charge is -2.31. The van der Waals surface area contributed by atoms with E-state index in [0.717, 1.165) is 32.1 Å². The Hall–Kier alpha value is -5.52. The molecule has 0 saturated heterocycles. The highest BCUT2D eigenvalue weighted by Crippen LogP contribution is 2.31. The van der Waals surface area contributed by atoms with E-state index in [1.54, 1.807) is 18.6 Å². The summed E-state index contributed by atoms with van der Waals surface area (Å²) < 4.78 is 88.6. The van der Waals surface area contributed by atoms with E-state index in [4.69, 9.17) is 0 Å². The third kappa shape index (κ3) is 15.0. The zero-order valence-corrected chi connectivity index (χ0v) is 37.6. The van der Waals surface area contributed by atoms with Gasteiger partial charge in [0.25, 0.3) is 37.6 Å². The van der Waals surface area contributed by atoms with Crippen LogP contribution in [0, 0.1) is 17.8 Å². The van der Waals surface area contributed by atoms with E-state index in [0.29, 0.717) is 30.7 Å². The van der Waals surface area contributed by atoms with Crippen molar-refractivity contribution in [3.63, 3.8) is 0 Å². The topological polar surface area (TPSA) is 286 Å². The van der Waals surface area contributed by atoms with Crippen LogP contribution in [0.3, 0.4) is 0 Å². The molecule has 0 bridgehead atoms. The van der Waals surface area contributed by atoms with E-state index < -0.39 is 113 Å². The second-order valence-electron chi connectivity index (χ2n) is 15.9. The zero-order valence-electron chi connectivity index (χ0n) is 36.0. The Morgan fingerprint density at radius 1 is 0.750 bits per heavy atom. The predicted octanol–water partition coefficient (Wildman–Crippen LogP) is 1.99. The summed E-state index contributed by atoms with van der Waals surface area (Å²) in [7, 11) is -10.6. The molecule has 0 aliphatic heterocycles. The molecular formula is C40H55F3N8O11S2. The number of Topliss-reactive ketones (excluding diaryl/α,β-unsaturated/α-hetero) is 1. The van der Waals surface area contributed by atoms with E-state index >= 15 is 0 Å². The van der Waals surface area contributed by atoms with Crippen LogP contribution >= 0.6 is 0 Å². The summed E-state index contributed by atoms with van der Waals surface area (Å²) in [5.74, 6) is -7.32. The maximum Gasteiger partial charge on any atom is 0.501 e. The number of sulfone groups is 1. The Bertz CT molecular complexity index is 2210. The number of hydrogen-bond donors (Lipinski definition) is 6. The quantitative estimate of drug-likeness (QED) is 0.0923. The number of hydrogen-bond acceptors (Lipinski definition) is 13. The molecule has 0 spiro atoms. The largest absolute Gasteiger partial charge is 0.501 e. The lowest BCUT2D eigenvalue weighted by molar-refractivity contribution is -0.141. The number of alkyl halides is 3. The summed E-state index contributed by atoms with van der Waals surface area (Å²) >= 11 is 0. The first-order valence-corrected chi connectivity index (χ1v) is 23.6. The van der Waals surface area contributed by atoms with Gasteiger partial charge in [-0.25, -0.2) is 26.5 Å². The van der Waals surface area contributed by atoms with Crippen molar-refractivity contribution < 1.29 is 63.6 Å². The standard InChI is InChI=1S/C40H55F3N8O11S2/c1-6-24(5)33(50-36(55)29(19-23(3)4)48-37(56)31-21-44-17-18-45-31)38(57)49-30(20-25-11-9-8-10-12-25)35(54)47-28(7-2)34(53)39(58)46-22-32(52)51-64(61,62)27-15-13-26(14-16-27)63(59,60)40(41,42)43/h13-18,21,23-25,28-30,33H,6-12,19-20,22H2,1-5H3,(H,46,58)(H,47,54)(H,48,56)(H,49,57)(H,50,55)(H,51,52)/t24-,28?,29-,30-,33-/m0/s1. The molecule has 1 heterocycles. The zero-order chi connectivity index (χ0) is 48.0. The molecule has 24 heteroatoms. The SMILES string of the molecule is CCC(NC(=O)[C@H](CC1CCCCC1)NC(=O)[C@@H](NC(=O)[C@H](CC(C)C)NC(=O)c1cnccn1)[C@@H](C)CC)C(=O)C(=O)NCC(=O)NS(=O)(=O)c1ccc(S(=O)(=O)C(F)(F)F)cc1. The molecule has 1 aliphatic carbocycles. The first-order valence-electron chi connectivity index (χ1n) is 20.7. The highest BCUT2D eigenvalue weighted by atomic mass is 32.2. The first kappa shape index (κ1) is 52.8. The number of nitrogens with one attached hydrogen (secondary N) is 6. The molecule has 1 aliphatic rings. The number of amides is 6. The van der Waals surface area contributed by atoms with E-state index in [-0.39, 0.29) is 36.8 Å². The highest BCUT2D eigenvalue weighted by molar-refractivity contribution is 7.92. The molecule has 354 valence electrons. The van der Waals surface area contributed by atoms with Crippen molar-refractivity contribution in [2.75, 3.05) is 6.54 Å². The molecule has 1 aromatic carbocycles. The summed E-state index contributed by atoms with van der Waals surface area (Å²) in [6.07, 6.45) is 8.90. The number of benzene rings is 1. The molecule has 0 radical (unpaired) electrons. The van der Waals surface area contributed by atoms with Crippen LogP contribution in [0.4, 0.5) is 13.2 Å². The van der Waals surface area contributed by atoms with Crippen molar-refractivity contribution in [1.82, 2.24) is 41.3 Å². The number of carbonyl (C=O) groups excluding carboxylic acids is 7. The van der Waals surface area contributed by atoms with Crippen molar-refractivity contribution in [3.05, 3.63) is 48.5 Å². The molecule has 1 fully saturated rings. The number of aromatic nitrogens is 2. The summed E-state index contributed by atoms with van der Waals surface area (Å²) in [5.41, 5.74) is -5.67. The lowest BCUT2D eigenvalue weighted by Crippen LogP contribution is -2.60. The van der Waals surface area contributed by atoms with Crippen LogP contribution in [-0.2, 0) is 48.6 Å². The number of halogens is 3. The van der Waals surface area contributed by atoms with Crippen molar-refractivity contribution >= 4 is 61.1 Å². The van der Waals surface area contributed by atoms with Crippen LogP contribution < -0.4 is 31.3 Å². The van der Waals surface area contributed by atoms with Gasteiger partial charge in [-0.1, -0.05) is 73.1 Å². The summed E-state index contributed by atoms with van der Waals surface area (Å²) in [6.45, 7) is 7.61. The van der Waals surface area contributed by atoms with Gasteiger partial charge in [0, 0.05) is 12.4 Å². The number of carbonyl (C=O) groups is 7. The molecular weight excluding hydrogens is 890 g/mol. The Balaban J connectivity index is 1.72. The summed E-state index contributed by atoms with van der Waals surface area (Å²) in [4.78, 5) is 99.1. The number of sulfonamides is 1. The Morgan fingerprint density at radius 3 is 1.89 bits per heavy atom. The van der Waals surface area contributed by atoms with Crippen LogP contribution in [0.1, 0.15) is 103 Å². The minimum Gasteiger partial charge on any atom is -0.344 e. The molecule has 6 amide bonds. The van der Waals surface area contributed by atoms with Gasteiger partial charge in [0.15, 0.2) is 0 Å². The fraction of sp³-hybridized carbons (Fsp3) is 0.575. The monoisotopic (exact) mass is 944 g/mol. The van der Waals surface area contributed by atoms with Crippen molar-refractivity contribution in [1.29, 1.82) is 0 Å². The van der Waals surface area contributed by atoms with Crippen LogP contribution in [0.5, 0.6) is 0 Å². The normalized spacial score (nSPS) is 16.0. The Morgan fingerprint density at radius 2 is 1.34 bits per heavy atom. The minimum absolute atomic E-state index is 0.00731.